The first-order chi connectivity index (χ1) is 11.3. The van der Waals surface area contributed by atoms with Gasteiger partial charge in [-0.2, -0.15) is 57.1 Å². The molecule has 0 heterocycles. The summed E-state index contributed by atoms with van der Waals surface area (Å²) in [5, 5.41) is 0. The first-order valence-electron chi connectivity index (χ1n) is 6.72. The minimum atomic E-state index is -7.84. The van der Waals surface area contributed by atoms with Crippen molar-refractivity contribution in [1.82, 2.24) is 0 Å². The van der Waals surface area contributed by atoms with E-state index in [-0.39, 0.29) is 12.0 Å². The number of alkyl halides is 13. The van der Waals surface area contributed by atoms with Crippen LogP contribution in [-0.4, -0.2) is 35.8 Å². The Bertz CT molecular complexity index is 647. The van der Waals surface area contributed by atoms with Crippen LogP contribution >= 0.6 is 0 Å². The summed E-state index contributed by atoms with van der Waals surface area (Å²) in [6, 6.07) is 0. The van der Waals surface area contributed by atoms with Crippen LogP contribution in [0.15, 0.2) is 17.4 Å². The molecule has 150 valence electrons. The number of rotatable bonds is 5. The smallest absolute Gasteiger partial charge is 0.199 e. The molecule has 2 aliphatic rings. The maximum atomic E-state index is 13.9. The standard InChI is InChI=1S/C13H7F13/c14-8(15,7-4-5-1-2-6(7)3-5)9(16,17)10(18,19)11(20,21)12(22,23)13(24,25)26/h2,6-7H,3-4H2. The van der Waals surface area contributed by atoms with E-state index in [9.17, 15) is 57.1 Å². The molecule has 0 spiro atoms. The van der Waals surface area contributed by atoms with Gasteiger partial charge in [-0.3, -0.25) is 0 Å². The van der Waals surface area contributed by atoms with Crippen LogP contribution in [-0.2, 0) is 0 Å². The summed E-state index contributed by atoms with van der Waals surface area (Å²) in [5.74, 6) is -40.6. The highest BCUT2D eigenvalue weighted by Gasteiger charge is 2.91. The summed E-state index contributed by atoms with van der Waals surface area (Å²) >= 11 is 0. The Morgan fingerprint density at radius 2 is 1.12 bits per heavy atom. The van der Waals surface area contributed by atoms with E-state index in [0.717, 1.165) is 6.08 Å². The van der Waals surface area contributed by atoms with Crippen LogP contribution in [0.5, 0.6) is 0 Å². The Morgan fingerprint density at radius 3 is 1.46 bits per heavy atom. The van der Waals surface area contributed by atoms with Crippen molar-refractivity contribution >= 4 is 0 Å². The summed E-state index contributed by atoms with van der Waals surface area (Å²) in [5.41, 5.74) is 2.32. The lowest BCUT2D eigenvalue weighted by molar-refractivity contribution is -0.443. The molecule has 0 aromatic rings. The van der Waals surface area contributed by atoms with Crippen LogP contribution in [0.2, 0.25) is 0 Å². The van der Waals surface area contributed by atoms with E-state index in [1.807, 2.05) is 0 Å². The van der Waals surface area contributed by atoms with Crippen molar-refractivity contribution in [2.75, 3.05) is 0 Å². The second-order valence-corrected chi connectivity index (χ2v) is 6.01. The van der Waals surface area contributed by atoms with E-state index in [1.165, 1.54) is 0 Å². The fourth-order valence-electron chi connectivity index (χ4n) is 2.86. The minimum absolute atomic E-state index is 0.00817. The third-order valence-electron chi connectivity index (χ3n) is 4.39. The summed E-state index contributed by atoms with van der Waals surface area (Å²) in [6.45, 7) is 0. The van der Waals surface area contributed by atoms with Gasteiger partial charge < -0.3 is 0 Å². The Balaban J connectivity index is 2.47. The molecule has 0 aliphatic heterocycles. The van der Waals surface area contributed by atoms with E-state index in [1.54, 1.807) is 0 Å². The van der Waals surface area contributed by atoms with Gasteiger partial charge in [-0.15, -0.1) is 5.73 Å². The summed E-state index contributed by atoms with van der Waals surface area (Å²) in [7, 11) is 0. The molecule has 0 radical (unpaired) electrons. The lowest BCUT2D eigenvalue weighted by Gasteiger charge is -2.42. The van der Waals surface area contributed by atoms with Crippen LogP contribution in [0, 0.1) is 11.8 Å². The van der Waals surface area contributed by atoms with Gasteiger partial charge in [0.1, 0.15) is 0 Å². The van der Waals surface area contributed by atoms with Crippen molar-refractivity contribution in [1.29, 1.82) is 0 Å². The Labute approximate surface area is 136 Å². The van der Waals surface area contributed by atoms with Crippen molar-refractivity contribution < 1.29 is 57.1 Å². The SMILES string of the molecule is FC(F)(F)C(F)(F)C(F)(F)C(F)(F)C(F)(F)C(F)(F)C1CC2=C=CC1C2. The molecule has 0 aromatic heterocycles. The van der Waals surface area contributed by atoms with Crippen LogP contribution in [0.25, 0.3) is 0 Å². The quantitative estimate of drug-likeness (QED) is 0.394. The molecule has 2 rings (SSSR count). The van der Waals surface area contributed by atoms with Gasteiger partial charge in [-0.25, -0.2) is 0 Å². The van der Waals surface area contributed by atoms with E-state index in [0.29, 0.717) is 0 Å². The Hall–Kier alpha value is -1.39. The molecular formula is C13H7F13. The second-order valence-electron chi connectivity index (χ2n) is 6.01. The largest absolute Gasteiger partial charge is 0.460 e. The predicted octanol–water partition coefficient (Wildman–Crippen LogP) is 5.85. The molecule has 2 unspecified atom stereocenters. The van der Waals surface area contributed by atoms with Gasteiger partial charge in [0.25, 0.3) is 0 Å². The van der Waals surface area contributed by atoms with Crippen molar-refractivity contribution in [2.24, 2.45) is 11.8 Å². The van der Waals surface area contributed by atoms with Crippen molar-refractivity contribution in [3.05, 3.63) is 17.4 Å². The first kappa shape index (κ1) is 20.9. The molecule has 13 heteroatoms. The Kier molecular flexibility index (Phi) is 4.28. The van der Waals surface area contributed by atoms with Crippen molar-refractivity contribution in [3.63, 3.8) is 0 Å². The summed E-state index contributed by atoms with van der Waals surface area (Å²) in [4.78, 5) is 0. The van der Waals surface area contributed by atoms with Crippen LogP contribution in [0.1, 0.15) is 12.8 Å². The highest BCUT2D eigenvalue weighted by atomic mass is 19.4. The number of allylic oxidation sites excluding steroid dienone is 1. The lowest BCUT2D eigenvalue weighted by Crippen LogP contribution is -2.71. The summed E-state index contributed by atoms with van der Waals surface area (Å²) in [6.07, 6.45) is -7.85. The first-order valence-corrected chi connectivity index (χ1v) is 6.72. The van der Waals surface area contributed by atoms with Gasteiger partial charge >= 0.3 is 35.8 Å². The second kappa shape index (κ2) is 5.32. The van der Waals surface area contributed by atoms with Gasteiger partial charge in [0.2, 0.25) is 0 Å². The topological polar surface area (TPSA) is 0 Å². The average Bonchev–Trinajstić information content (AvgIpc) is 3.07. The zero-order valence-corrected chi connectivity index (χ0v) is 12.1. The van der Waals surface area contributed by atoms with Gasteiger partial charge in [0.15, 0.2) is 0 Å². The normalized spacial score (nSPS) is 25.0. The van der Waals surface area contributed by atoms with Crippen LogP contribution < -0.4 is 0 Å². The molecule has 0 amide bonds. The number of fused-ring (bicyclic) bond motifs is 2. The van der Waals surface area contributed by atoms with Crippen molar-refractivity contribution in [3.8, 4) is 0 Å². The van der Waals surface area contributed by atoms with E-state index in [4.69, 9.17) is 0 Å². The van der Waals surface area contributed by atoms with Gasteiger partial charge in [-0.05, 0) is 30.4 Å². The molecule has 26 heavy (non-hydrogen) atoms. The average molecular weight is 410 g/mol. The Morgan fingerprint density at radius 1 is 0.654 bits per heavy atom. The fourth-order valence-corrected chi connectivity index (χ4v) is 2.86. The number of hydrogen-bond donors (Lipinski definition) is 0. The number of hydrogen-bond acceptors (Lipinski definition) is 0. The van der Waals surface area contributed by atoms with Crippen LogP contribution in [0.3, 0.4) is 0 Å². The van der Waals surface area contributed by atoms with Gasteiger partial charge in [0.05, 0.1) is 0 Å². The molecule has 0 N–H and O–H groups in total. The third kappa shape index (κ3) is 2.38. The van der Waals surface area contributed by atoms with Gasteiger partial charge in [-0.1, -0.05) is 0 Å². The maximum absolute atomic E-state index is 13.9. The number of halogens is 13. The molecule has 1 saturated carbocycles. The monoisotopic (exact) mass is 410 g/mol. The van der Waals surface area contributed by atoms with Gasteiger partial charge in [0, 0.05) is 5.92 Å². The van der Waals surface area contributed by atoms with Crippen molar-refractivity contribution in [2.45, 2.75) is 48.6 Å². The zero-order chi connectivity index (χ0) is 20.6. The molecule has 0 aromatic carbocycles. The summed E-state index contributed by atoms with van der Waals surface area (Å²) < 4.78 is 169. The van der Waals surface area contributed by atoms with E-state index in [2.05, 4.69) is 5.73 Å². The highest BCUT2D eigenvalue weighted by Crippen LogP contribution is 2.63. The highest BCUT2D eigenvalue weighted by molar-refractivity contribution is 5.25. The molecule has 0 nitrogen and oxygen atoms in total. The maximum Gasteiger partial charge on any atom is 0.460 e. The molecule has 0 saturated heterocycles. The molecule has 2 aliphatic carbocycles. The minimum Gasteiger partial charge on any atom is -0.199 e. The molecular weight excluding hydrogens is 403 g/mol. The van der Waals surface area contributed by atoms with E-state index >= 15 is 0 Å². The van der Waals surface area contributed by atoms with Crippen LogP contribution in [0.4, 0.5) is 57.1 Å². The lowest BCUT2D eigenvalue weighted by atomic mass is 9.81. The molecule has 2 bridgehead atoms. The zero-order valence-electron chi connectivity index (χ0n) is 12.1. The molecule has 2 atom stereocenters. The van der Waals surface area contributed by atoms with E-state index < -0.39 is 54.0 Å². The molecule has 1 fully saturated rings. The third-order valence-corrected chi connectivity index (χ3v) is 4.39. The predicted molar refractivity (Wildman–Crippen MR) is 58.6 cm³/mol. The fraction of sp³-hybridized carbons (Fsp3) is 0.769.